The van der Waals surface area contributed by atoms with Crippen LogP contribution in [-0.2, 0) is 17.5 Å². The van der Waals surface area contributed by atoms with E-state index in [1.165, 1.54) is 17.2 Å². The zero-order valence-electron chi connectivity index (χ0n) is 18.5. The lowest BCUT2D eigenvalue weighted by atomic mass is 9.87. The van der Waals surface area contributed by atoms with Gasteiger partial charge < -0.3 is 9.15 Å². The van der Waals surface area contributed by atoms with Gasteiger partial charge in [0.05, 0.1) is 34.5 Å². The Kier molecular flexibility index (Phi) is 5.30. The number of rotatable bonds is 4. The van der Waals surface area contributed by atoms with Crippen LogP contribution in [0.3, 0.4) is 0 Å². The van der Waals surface area contributed by atoms with E-state index in [9.17, 15) is 18.0 Å². The number of amides is 1. The van der Waals surface area contributed by atoms with Gasteiger partial charge in [0, 0.05) is 11.1 Å². The summed E-state index contributed by atoms with van der Waals surface area (Å²) in [5, 5.41) is 0.157. The zero-order valence-corrected chi connectivity index (χ0v) is 19.3. The number of anilines is 1. The molecule has 9 heteroatoms. The van der Waals surface area contributed by atoms with E-state index in [4.69, 9.17) is 9.15 Å². The van der Waals surface area contributed by atoms with Gasteiger partial charge in [-0.1, -0.05) is 53.8 Å². The van der Waals surface area contributed by atoms with E-state index < -0.39 is 17.7 Å². The lowest BCUT2D eigenvalue weighted by Gasteiger charge is -2.30. The van der Waals surface area contributed by atoms with Crippen LogP contribution in [0.1, 0.15) is 28.4 Å². The highest BCUT2D eigenvalue weighted by molar-refractivity contribution is 7.22. The molecule has 2 aromatic heterocycles. The molecule has 0 bridgehead atoms. The summed E-state index contributed by atoms with van der Waals surface area (Å²) in [5.41, 5.74) is 0.315. The average molecular weight is 507 g/mol. The molecule has 0 atom stereocenters. The molecule has 36 heavy (non-hydrogen) atoms. The summed E-state index contributed by atoms with van der Waals surface area (Å²) >= 11 is 1.03. The normalized spacial score (nSPS) is 13.2. The first-order chi connectivity index (χ1) is 17.4. The van der Waals surface area contributed by atoms with Crippen molar-refractivity contribution in [1.29, 1.82) is 0 Å². The summed E-state index contributed by atoms with van der Waals surface area (Å²) in [6.45, 7) is 0.00863. The fraction of sp³-hybridized carbons (Fsp3) is 0.111. The van der Waals surface area contributed by atoms with Gasteiger partial charge in [0.1, 0.15) is 17.3 Å². The number of thiazole rings is 1. The molecule has 1 amide bonds. The molecule has 0 saturated heterocycles. The molecule has 6 rings (SSSR count). The fourth-order valence-corrected chi connectivity index (χ4v) is 5.41. The number of furan rings is 1. The summed E-state index contributed by atoms with van der Waals surface area (Å²) in [7, 11) is 0. The van der Waals surface area contributed by atoms with Gasteiger partial charge in [0.2, 0.25) is 5.91 Å². The molecular formula is C27H17F3N2O3S. The standard InChI is InChI=1S/C27H17F3N2O3S/c28-27(29,30)19-10-5-13-22-24(19)31-26(36-22)32(15-16-7-6-14-34-16)25(33)23-17-8-1-3-11-20(17)35-21-12-4-2-9-18(21)23/h1-14,23H,15H2. The van der Waals surface area contributed by atoms with Gasteiger partial charge in [0.15, 0.2) is 5.13 Å². The molecule has 0 unspecified atom stereocenters. The van der Waals surface area contributed by atoms with Gasteiger partial charge in [-0.2, -0.15) is 13.2 Å². The zero-order chi connectivity index (χ0) is 24.9. The molecule has 0 spiro atoms. The molecule has 0 N–H and O–H groups in total. The number of fused-ring (bicyclic) bond motifs is 3. The minimum Gasteiger partial charge on any atom is -0.467 e. The molecule has 3 heterocycles. The molecular weight excluding hydrogens is 489 g/mol. The summed E-state index contributed by atoms with van der Waals surface area (Å²) in [6.07, 6.45) is -3.09. The largest absolute Gasteiger partial charge is 0.467 e. The van der Waals surface area contributed by atoms with Crippen LogP contribution in [0.2, 0.25) is 0 Å². The lowest BCUT2D eigenvalue weighted by Crippen LogP contribution is -2.36. The van der Waals surface area contributed by atoms with E-state index >= 15 is 0 Å². The molecule has 180 valence electrons. The van der Waals surface area contributed by atoms with E-state index in [1.807, 2.05) is 36.4 Å². The quantitative estimate of drug-likeness (QED) is 0.255. The highest BCUT2D eigenvalue weighted by atomic mass is 32.1. The Hall–Kier alpha value is -4.11. The van der Waals surface area contributed by atoms with E-state index in [2.05, 4.69) is 4.98 Å². The number of carbonyl (C=O) groups is 1. The molecule has 0 fully saturated rings. The monoisotopic (exact) mass is 506 g/mol. The van der Waals surface area contributed by atoms with E-state index in [0.717, 1.165) is 17.4 Å². The fourth-order valence-electron chi connectivity index (χ4n) is 4.41. The maximum atomic E-state index is 14.3. The Labute approximate surface area is 207 Å². The summed E-state index contributed by atoms with van der Waals surface area (Å²) in [5.74, 6) is 0.497. The predicted octanol–water partition coefficient (Wildman–Crippen LogP) is 7.38. The minimum absolute atomic E-state index is 0.00863. The lowest BCUT2D eigenvalue weighted by molar-refractivity contribution is -0.136. The van der Waals surface area contributed by atoms with E-state index in [-0.39, 0.29) is 23.1 Å². The Balaban J connectivity index is 1.51. The van der Waals surface area contributed by atoms with Crippen LogP contribution in [0.5, 0.6) is 11.5 Å². The molecule has 3 aromatic carbocycles. The van der Waals surface area contributed by atoms with Gasteiger partial charge in [-0.15, -0.1) is 0 Å². The molecule has 1 aliphatic rings. The molecule has 0 saturated carbocycles. The highest BCUT2D eigenvalue weighted by Gasteiger charge is 2.38. The van der Waals surface area contributed by atoms with Crippen molar-refractivity contribution in [2.45, 2.75) is 18.6 Å². The topological polar surface area (TPSA) is 55.6 Å². The Morgan fingerprint density at radius 1 is 0.917 bits per heavy atom. The minimum atomic E-state index is -4.57. The molecule has 5 nitrogen and oxygen atoms in total. The number of ether oxygens (including phenoxy) is 1. The molecule has 0 radical (unpaired) electrons. The van der Waals surface area contributed by atoms with E-state index in [0.29, 0.717) is 33.1 Å². The first-order valence-electron chi connectivity index (χ1n) is 11.1. The number of nitrogens with zero attached hydrogens (tertiary/aromatic N) is 2. The Bertz CT molecular complexity index is 1530. The Morgan fingerprint density at radius 2 is 1.61 bits per heavy atom. The number of hydrogen-bond donors (Lipinski definition) is 0. The van der Waals surface area contributed by atoms with Crippen molar-refractivity contribution in [2.24, 2.45) is 0 Å². The number of hydrogen-bond acceptors (Lipinski definition) is 5. The number of para-hydroxylation sites is 3. The maximum Gasteiger partial charge on any atom is 0.418 e. The van der Waals surface area contributed by atoms with Crippen LogP contribution < -0.4 is 9.64 Å². The van der Waals surface area contributed by atoms with Crippen molar-refractivity contribution >= 4 is 32.6 Å². The van der Waals surface area contributed by atoms with Crippen molar-refractivity contribution in [3.8, 4) is 11.5 Å². The van der Waals surface area contributed by atoms with Gasteiger partial charge in [-0.3, -0.25) is 9.69 Å². The number of aromatic nitrogens is 1. The second kappa shape index (κ2) is 8.53. The molecule has 1 aliphatic heterocycles. The van der Waals surface area contributed by atoms with Crippen LogP contribution in [0, 0.1) is 0 Å². The summed E-state index contributed by atoms with van der Waals surface area (Å²) in [4.78, 5) is 20.0. The van der Waals surface area contributed by atoms with Crippen molar-refractivity contribution < 1.29 is 27.1 Å². The van der Waals surface area contributed by atoms with Crippen LogP contribution in [0.4, 0.5) is 18.3 Å². The van der Waals surface area contributed by atoms with Gasteiger partial charge >= 0.3 is 6.18 Å². The van der Waals surface area contributed by atoms with Crippen molar-refractivity contribution in [2.75, 3.05) is 4.90 Å². The Morgan fingerprint density at radius 3 is 2.25 bits per heavy atom. The number of carbonyl (C=O) groups excluding carboxylic acids is 1. The molecule has 0 aliphatic carbocycles. The van der Waals surface area contributed by atoms with Gasteiger partial charge in [-0.05, 0) is 36.4 Å². The van der Waals surface area contributed by atoms with Crippen molar-refractivity contribution in [1.82, 2.24) is 4.98 Å². The third kappa shape index (κ3) is 3.81. The van der Waals surface area contributed by atoms with Crippen LogP contribution in [-0.4, -0.2) is 10.9 Å². The third-order valence-electron chi connectivity index (χ3n) is 6.03. The second-order valence-corrected chi connectivity index (χ2v) is 9.27. The first-order valence-corrected chi connectivity index (χ1v) is 11.9. The number of benzene rings is 3. The van der Waals surface area contributed by atoms with Crippen LogP contribution >= 0.6 is 11.3 Å². The number of alkyl halides is 3. The number of halogens is 3. The van der Waals surface area contributed by atoms with Crippen LogP contribution in [0.25, 0.3) is 10.2 Å². The SMILES string of the molecule is O=C(C1c2ccccc2Oc2ccccc21)N(Cc1ccco1)c1nc2c(C(F)(F)F)cccc2s1. The van der Waals surface area contributed by atoms with Crippen molar-refractivity contribution in [3.05, 3.63) is 108 Å². The van der Waals surface area contributed by atoms with Gasteiger partial charge in [-0.25, -0.2) is 4.98 Å². The average Bonchev–Trinajstić information content (AvgIpc) is 3.54. The smallest absolute Gasteiger partial charge is 0.418 e. The third-order valence-corrected chi connectivity index (χ3v) is 7.07. The van der Waals surface area contributed by atoms with Crippen molar-refractivity contribution in [3.63, 3.8) is 0 Å². The first kappa shape index (κ1) is 22.4. The highest BCUT2D eigenvalue weighted by Crippen LogP contribution is 2.46. The summed E-state index contributed by atoms with van der Waals surface area (Å²) in [6, 6.07) is 21.8. The second-order valence-electron chi connectivity index (χ2n) is 8.26. The maximum absolute atomic E-state index is 14.3. The molecule has 5 aromatic rings. The summed E-state index contributed by atoms with van der Waals surface area (Å²) < 4.78 is 52.9. The van der Waals surface area contributed by atoms with E-state index in [1.54, 1.807) is 30.3 Å². The van der Waals surface area contributed by atoms with Crippen LogP contribution in [0.15, 0.2) is 89.5 Å². The predicted molar refractivity (Wildman–Crippen MR) is 129 cm³/mol. The van der Waals surface area contributed by atoms with Gasteiger partial charge in [0.25, 0.3) is 0 Å².